The number of aromatic nitrogens is 2. The van der Waals surface area contributed by atoms with Crippen molar-refractivity contribution in [2.75, 3.05) is 12.8 Å². The molecule has 0 spiro atoms. The van der Waals surface area contributed by atoms with Crippen molar-refractivity contribution in [2.45, 2.75) is 20.3 Å². The molecule has 0 amide bonds. The van der Waals surface area contributed by atoms with Crippen LogP contribution in [-0.4, -0.2) is 16.9 Å². The van der Waals surface area contributed by atoms with Gasteiger partial charge in [0.25, 0.3) is 0 Å². The summed E-state index contributed by atoms with van der Waals surface area (Å²) in [6.45, 7) is 4.32. The Morgan fingerprint density at radius 2 is 2.10 bits per heavy atom. The molecular formula is C15H20ClN3O. The number of ether oxygens (including phenoxy) is 1. The first-order chi connectivity index (χ1) is 9.43. The molecule has 2 N–H and O–H groups in total. The average Bonchev–Trinajstić information content (AvgIpc) is 2.66. The van der Waals surface area contributed by atoms with Gasteiger partial charge in [-0.05, 0) is 30.5 Å². The van der Waals surface area contributed by atoms with Crippen molar-refractivity contribution < 1.29 is 4.74 Å². The lowest BCUT2D eigenvalue weighted by Crippen LogP contribution is -2.02. The molecule has 2 aromatic rings. The Balaban J connectivity index is 2.60. The Kier molecular flexibility index (Phi) is 4.23. The van der Waals surface area contributed by atoms with Crippen molar-refractivity contribution >= 4 is 17.4 Å². The van der Waals surface area contributed by atoms with Crippen molar-refractivity contribution in [3.63, 3.8) is 0 Å². The van der Waals surface area contributed by atoms with Crippen LogP contribution in [0.5, 0.6) is 5.75 Å². The van der Waals surface area contributed by atoms with Gasteiger partial charge in [-0.3, -0.25) is 4.68 Å². The minimum atomic E-state index is 0.499. The van der Waals surface area contributed by atoms with E-state index in [1.165, 1.54) is 0 Å². The zero-order chi connectivity index (χ0) is 14.9. The van der Waals surface area contributed by atoms with E-state index in [1.54, 1.807) is 17.9 Å². The minimum absolute atomic E-state index is 0.499. The second kappa shape index (κ2) is 5.75. The normalized spacial score (nSPS) is 11.1. The van der Waals surface area contributed by atoms with Gasteiger partial charge in [-0.15, -0.1) is 0 Å². The number of hydrogen-bond acceptors (Lipinski definition) is 3. The van der Waals surface area contributed by atoms with Crippen LogP contribution in [0.2, 0.25) is 5.02 Å². The Morgan fingerprint density at radius 3 is 2.70 bits per heavy atom. The van der Waals surface area contributed by atoms with E-state index in [-0.39, 0.29) is 0 Å². The summed E-state index contributed by atoms with van der Waals surface area (Å²) < 4.78 is 7.12. The Bertz CT molecular complexity index is 620. The fourth-order valence-corrected chi connectivity index (χ4v) is 2.43. The fourth-order valence-electron chi connectivity index (χ4n) is 2.27. The molecule has 0 aliphatic carbocycles. The van der Waals surface area contributed by atoms with Gasteiger partial charge in [-0.1, -0.05) is 25.4 Å². The summed E-state index contributed by atoms with van der Waals surface area (Å²) in [5.41, 5.74) is 8.99. The zero-order valence-corrected chi connectivity index (χ0v) is 13.0. The lowest BCUT2D eigenvalue weighted by Gasteiger charge is -2.10. The number of benzene rings is 1. The number of hydrogen-bond donors (Lipinski definition) is 1. The number of rotatable bonds is 4. The van der Waals surface area contributed by atoms with E-state index < -0.39 is 0 Å². The number of nitrogens with two attached hydrogens (primary N) is 1. The molecule has 0 aliphatic heterocycles. The molecule has 0 fully saturated rings. The van der Waals surface area contributed by atoms with E-state index in [0.717, 1.165) is 23.2 Å². The number of nitrogens with zero attached hydrogens (tertiary/aromatic N) is 2. The van der Waals surface area contributed by atoms with E-state index in [9.17, 15) is 0 Å². The fraction of sp³-hybridized carbons (Fsp3) is 0.400. The third-order valence-corrected chi connectivity index (χ3v) is 3.46. The van der Waals surface area contributed by atoms with Crippen LogP contribution in [0.25, 0.3) is 11.3 Å². The van der Waals surface area contributed by atoms with Crippen LogP contribution in [0.15, 0.2) is 18.2 Å². The Labute approximate surface area is 124 Å². The summed E-state index contributed by atoms with van der Waals surface area (Å²) >= 11 is 6.01. The molecular weight excluding hydrogens is 274 g/mol. The maximum absolute atomic E-state index is 6.14. The first-order valence-electron chi connectivity index (χ1n) is 6.59. The van der Waals surface area contributed by atoms with Gasteiger partial charge >= 0.3 is 0 Å². The van der Waals surface area contributed by atoms with Crippen LogP contribution >= 0.6 is 11.6 Å². The molecule has 4 nitrogen and oxygen atoms in total. The molecule has 5 heteroatoms. The van der Waals surface area contributed by atoms with Gasteiger partial charge in [0.15, 0.2) is 0 Å². The molecule has 0 atom stereocenters. The zero-order valence-electron chi connectivity index (χ0n) is 12.3. The van der Waals surface area contributed by atoms with E-state index in [2.05, 4.69) is 18.9 Å². The van der Waals surface area contributed by atoms with Gasteiger partial charge in [0, 0.05) is 23.2 Å². The summed E-state index contributed by atoms with van der Waals surface area (Å²) in [7, 11) is 3.48. The van der Waals surface area contributed by atoms with Crippen molar-refractivity contribution in [1.29, 1.82) is 0 Å². The predicted octanol–water partition coefficient (Wildman–Crippen LogP) is 3.53. The van der Waals surface area contributed by atoms with Crippen molar-refractivity contribution in [3.05, 3.63) is 28.8 Å². The molecule has 1 heterocycles. The number of anilines is 1. The number of halogens is 1. The van der Waals surface area contributed by atoms with E-state index in [1.807, 2.05) is 19.2 Å². The average molecular weight is 294 g/mol. The molecule has 0 saturated heterocycles. The van der Waals surface area contributed by atoms with Gasteiger partial charge in [0.05, 0.1) is 7.11 Å². The molecule has 0 radical (unpaired) electrons. The third-order valence-electron chi connectivity index (χ3n) is 3.22. The summed E-state index contributed by atoms with van der Waals surface area (Å²) in [6, 6.07) is 5.55. The summed E-state index contributed by atoms with van der Waals surface area (Å²) in [5.74, 6) is 1.91. The Morgan fingerprint density at radius 1 is 1.40 bits per heavy atom. The summed E-state index contributed by atoms with van der Waals surface area (Å²) in [6.07, 6.45) is 0.876. The second-order valence-corrected chi connectivity index (χ2v) is 5.72. The molecule has 0 unspecified atom stereocenters. The molecule has 1 aromatic carbocycles. The minimum Gasteiger partial charge on any atom is -0.496 e. The molecule has 108 valence electrons. The van der Waals surface area contributed by atoms with E-state index in [0.29, 0.717) is 22.5 Å². The SMILES string of the molecule is COc1cc(Cl)ccc1-c1nn(C)c(N)c1CC(C)C. The highest BCUT2D eigenvalue weighted by Gasteiger charge is 2.19. The van der Waals surface area contributed by atoms with E-state index >= 15 is 0 Å². The highest BCUT2D eigenvalue weighted by Crippen LogP contribution is 2.36. The van der Waals surface area contributed by atoms with E-state index in [4.69, 9.17) is 22.1 Å². The van der Waals surface area contributed by atoms with Gasteiger partial charge in [0.1, 0.15) is 17.3 Å². The van der Waals surface area contributed by atoms with Crippen LogP contribution in [0.3, 0.4) is 0 Å². The largest absolute Gasteiger partial charge is 0.496 e. The highest BCUT2D eigenvalue weighted by molar-refractivity contribution is 6.30. The topological polar surface area (TPSA) is 53.1 Å². The van der Waals surface area contributed by atoms with Gasteiger partial charge in [0.2, 0.25) is 0 Å². The summed E-state index contributed by atoms with van der Waals surface area (Å²) in [5, 5.41) is 5.18. The van der Waals surface area contributed by atoms with Crippen molar-refractivity contribution in [2.24, 2.45) is 13.0 Å². The first-order valence-corrected chi connectivity index (χ1v) is 6.97. The molecule has 0 saturated carbocycles. The molecule has 0 bridgehead atoms. The highest BCUT2D eigenvalue weighted by atomic mass is 35.5. The molecule has 20 heavy (non-hydrogen) atoms. The van der Waals surface area contributed by atoms with Crippen molar-refractivity contribution in [1.82, 2.24) is 9.78 Å². The first kappa shape index (κ1) is 14.7. The number of nitrogen functional groups attached to an aromatic ring is 1. The maximum Gasteiger partial charge on any atom is 0.129 e. The van der Waals surface area contributed by atoms with Crippen LogP contribution in [0.1, 0.15) is 19.4 Å². The smallest absolute Gasteiger partial charge is 0.129 e. The van der Waals surface area contributed by atoms with Gasteiger partial charge in [-0.25, -0.2) is 0 Å². The standard InChI is InChI=1S/C15H20ClN3O/c1-9(2)7-12-14(18-19(3)15(12)17)11-6-5-10(16)8-13(11)20-4/h5-6,8-9H,7,17H2,1-4H3. The lowest BCUT2D eigenvalue weighted by molar-refractivity contribution is 0.416. The number of aryl methyl sites for hydroxylation is 1. The molecule has 1 aromatic heterocycles. The monoisotopic (exact) mass is 293 g/mol. The van der Waals surface area contributed by atoms with Crippen LogP contribution in [0, 0.1) is 5.92 Å². The van der Waals surface area contributed by atoms with Gasteiger partial charge in [-0.2, -0.15) is 5.10 Å². The Hall–Kier alpha value is -1.68. The van der Waals surface area contributed by atoms with Crippen molar-refractivity contribution in [3.8, 4) is 17.0 Å². The number of methoxy groups -OCH3 is 1. The maximum atomic E-state index is 6.14. The predicted molar refractivity (Wildman–Crippen MR) is 83.2 cm³/mol. The lowest BCUT2D eigenvalue weighted by atomic mass is 9.98. The molecule has 2 rings (SSSR count). The summed E-state index contributed by atoms with van der Waals surface area (Å²) in [4.78, 5) is 0. The van der Waals surface area contributed by atoms with Crippen LogP contribution < -0.4 is 10.5 Å². The van der Waals surface area contributed by atoms with Crippen LogP contribution in [0.4, 0.5) is 5.82 Å². The van der Waals surface area contributed by atoms with Gasteiger partial charge < -0.3 is 10.5 Å². The molecule has 0 aliphatic rings. The second-order valence-electron chi connectivity index (χ2n) is 5.28. The van der Waals surface area contributed by atoms with Crippen LogP contribution in [-0.2, 0) is 13.5 Å². The quantitative estimate of drug-likeness (QED) is 0.938. The third kappa shape index (κ3) is 2.75.